The van der Waals surface area contributed by atoms with Gasteiger partial charge in [0, 0.05) is 26.2 Å². The van der Waals surface area contributed by atoms with Crippen molar-refractivity contribution in [3.8, 4) is 0 Å². The van der Waals surface area contributed by atoms with Gasteiger partial charge in [0.05, 0.1) is 6.54 Å². The molecule has 0 saturated carbocycles. The maximum atomic E-state index is 11.4. The highest BCUT2D eigenvalue weighted by Crippen LogP contribution is 2.04. The number of nitrogens with zero attached hydrogens (tertiary/aromatic N) is 2. The van der Waals surface area contributed by atoms with Crippen LogP contribution in [0.4, 0.5) is 0 Å². The molecule has 0 atom stereocenters. The summed E-state index contributed by atoms with van der Waals surface area (Å²) in [4.78, 5) is 15.3. The summed E-state index contributed by atoms with van der Waals surface area (Å²) in [6, 6.07) is 0.841. The molecule has 13 heavy (non-hydrogen) atoms. The number of carbonyl (C=O) groups is 1. The van der Waals surface area contributed by atoms with Crippen molar-refractivity contribution in [2.24, 2.45) is 0 Å². The first-order valence-electron chi connectivity index (χ1n) is 4.82. The summed E-state index contributed by atoms with van der Waals surface area (Å²) in [5.74, 6) is 0.169. The highest BCUT2D eigenvalue weighted by molar-refractivity contribution is 5.77. The highest BCUT2D eigenvalue weighted by Gasteiger charge is 2.17. The lowest BCUT2D eigenvalue weighted by molar-refractivity contribution is -0.130. The Labute approximate surface area is 81.7 Å². The molecule has 0 aliphatic carbocycles. The van der Waals surface area contributed by atoms with Crippen molar-refractivity contribution >= 4 is 5.91 Å². The Bertz CT molecular complexity index is 156. The van der Waals surface area contributed by atoms with Gasteiger partial charge in [0.2, 0.25) is 5.91 Å². The number of amides is 1. The van der Waals surface area contributed by atoms with Crippen LogP contribution in [-0.2, 0) is 4.79 Å². The van der Waals surface area contributed by atoms with Gasteiger partial charge in [-0.25, -0.2) is 0 Å². The van der Waals surface area contributed by atoms with Crippen LogP contribution in [-0.4, -0.2) is 48.4 Å². The van der Waals surface area contributed by atoms with E-state index >= 15 is 0 Å². The molecule has 78 valence electrons. The van der Waals surface area contributed by atoms with Crippen LogP contribution in [0.1, 0.15) is 27.7 Å². The Morgan fingerprint density at radius 3 is 1.69 bits per heavy atom. The first kappa shape index (κ1) is 12.4. The zero-order chi connectivity index (χ0) is 10.6. The Morgan fingerprint density at radius 1 is 1.08 bits per heavy atom. The number of rotatable bonds is 4. The summed E-state index contributed by atoms with van der Waals surface area (Å²) < 4.78 is 0. The van der Waals surface area contributed by atoms with E-state index < -0.39 is 0 Å². The van der Waals surface area contributed by atoms with Crippen LogP contribution < -0.4 is 0 Å². The van der Waals surface area contributed by atoms with Crippen molar-refractivity contribution in [2.45, 2.75) is 39.8 Å². The van der Waals surface area contributed by atoms with Crippen molar-refractivity contribution in [1.29, 1.82) is 0 Å². The Morgan fingerprint density at radius 2 is 1.46 bits per heavy atom. The van der Waals surface area contributed by atoms with E-state index in [-0.39, 0.29) is 5.91 Å². The van der Waals surface area contributed by atoms with Crippen LogP contribution in [0.3, 0.4) is 0 Å². The van der Waals surface area contributed by atoms with Gasteiger partial charge in [0.1, 0.15) is 0 Å². The molecule has 0 unspecified atom stereocenters. The maximum Gasteiger partial charge on any atom is 0.236 e. The van der Waals surface area contributed by atoms with E-state index in [1.165, 1.54) is 0 Å². The fourth-order valence-corrected chi connectivity index (χ4v) is 1.26. The quantitative estimate of drug-likeness (QED) is 0.658. The second-order valence-electron chi connectivity index (χ2n) is 4.15. The molecule has 0 aromatic heterocycles. The second-order valence-corrected chi connectivity index (χ2v) is 4.15. The molecule has 0 aromatic rings. The summed E-state index contributed by atoms with van der Waals surface area (Å²) in [5.41, 5.74) is 0. The number of likely N-dealkylation sites (N-methyl/N-ethyl adjacent to an activating group) is 1. The molecule has 0 fully saturated rings. The summed E-state index contributed by atoms with van der Waals surface area (Å²) >= 11 is 0. The van der Waals surface area contributed by atoms with Crippen LogP contribution >= 0.6 is 0 Å². The molecule has 0 saturated heterocycles. The summed E-state index contributed by atoms with van der Waals surface area (Å²) in [6.45, 7) is 8.97. The van der Waals surface area contributed by atoms with Crippen molar-refractivity contribution in [3.05, 3.63) is 0 Å². The van der Waals surface area contributed by atoms with Gasteiger partial charge in [-0.3, -0.25) is 9.69 Å². The summed E-state index contributed by atoms with van der Waals surface area (Å²) in [5, 5.41) is 0. The number of carbonyl (C=O) groups excluding carboxylic acids is 1. The molecular formula is C10H22N2O. The van der Waals surface area contributed by atoms with Gasteiger partial charge in [0.25, 0.3) is 0 Å². The molecule has 0 aliphatic heterocycles. The first-order valence-corrected chi connectivity index (χ1v) is 4.82. The largest absolute Gasteiger partial charge is 0.348 e. The fraction of sp³-hybridized carbons (Fsp3) is 0.900. The molecule has 3 nitrogen and oxygen atoms in total. The minimum absolute atomic E-state index is 0.169. The molecule has 1 amide bonds. The van der Waals surface area contributed by atoms with Gasteiger partial charge < -0.3 is 4.90 Å². The summed E-state index contributed by atoms with van der Waals surface area (Å²) in [6.07, 6.45) is 0. The number of hydrogen-bond donors (Lipinski definition) is 0. The predicted molar refractivity (Wildman–Crippen MR) is 55.7 cm³/mol. The Kier molecular flexibility index (Phi) is 4.99. The Hall–Kier alpha value is -0.570. The third-order valence-electron chi connectivity index (χ3n) is 2.14. The summed E-state index contributed by atoms with van der Waals surface area (Å²) in [7, 11) is 3.59. The van der Waals surface area contributed by atoms with E-state index in [1.807, 2.05) is 0 Å². The maximum absolute atomic E-state index is 11.4. The molecule has 0 aliphatic rings. The van der Waals surface area contributed by atoms with Gasteiger partial charge in [-0.1, -0.05) is 0 Å². The van der Waals surface area contributed by atoms with Crippen molar-refractivity contribution in [1.82, 2.24) is 9.80 Å². The van der Waals surface area contributed by atoms with Crippen LogP contribution in [0.2, 0.25) is 0 Å². The van der Waals surface area contributed by atoms with Gasteiger partial charge in [-0.2, -0.15) is 0 Å². The van der Waals surface area contributed by atoms with Crippen LogP contribution in [0.5, 0.6) is 0 Å². The Balaban J connectivity index is 4.19. The van der Waals surface area contributed by atoms with E-state index in [9.17, 15) is 4.79 Å². The molecule has 0 bridgehead atoms. The lowest BCUT2D eigenvalue weighted by Crippen LogP contribution is -2.44. The average Bonchev–Trinajstić information content (AvgIpc) is 1.97. The van der Waals surface area contributed by atoms with Gasteiger partial charge in [-0.05, 0) is 27.7 Å². The van der Waals surface area contributed by atoms with E-state index in [4.69, 9.17) is 0 Å². The SMILES string of the molecule is CC(C)N(CC(=O)N(C)C)C(C)C. The van der Waals surface area contributed by atoms with E-state index in [1.54, 1.807) is 19.0 Å². The van der Waals surface area contributed by atoms with Gasteiger partial charge in [0.15, 0.2) is 0 Å². The van der Waals surface area contributed by atoms with Crippen molar-refractivity contribution < 1.29 is 4.79 Å². The van der Waals surface area contributed by atoms with Crippen LogP contribution in [0, 0.1) is 0 Å². The highest BCUT2D eigenvalue weighted by atomic mass is 16.2. The third kappa shape index (κ3) is 4.27. The monoisotopic (exact) mass is 186 g/mol. The molecule has 3 heteroatoms. The average molecular weight is 186 g/mol. The molecule has 0 heterocycles. The minimum atomic E-state index is 0.169. The fourth-order valence-electron chi connectivity index (χ4n) is 1.26. The van der Waals surface area contributed by atoms with E-state index in [0.717, 1.165) is 0 Å². The molecule has 0 rings (SSSR count). The van der Waals surface area contributed by atoms with Crippen molar-refractivity contribution in [3.63, 3.8) is 0 Å². The molecule has 0 spiro atoms. The molecule has 0 radical (unpaired) electrons. The van der Waals surface area contributed by atoms with E-state index in [0.29, 0.717) is 18.6 Å². The standard InChI is InChI=1S/C10H22N2O/c1-8(2)12(9(3)4)7-10(13)11(5)6/h8-9H,7H2,1-6H3. The minimum Gasteiger partial charge on any atom is -0.348 e. The topological polar surface area (TPSA) is 23.6 Å². The van der Waals surface area contributed by atoms with Crippen molar-refractivity contribution in [2.75, 3.05) is 20.6 Å². The van der Waals surface area contributed by atoms with E-state index in [2.05, 4.69) is 32.6 Å². The van der Waals surface area contributed by atoms with Gasteiger partial charge in [-0.15, -0.1) is 0 Å². The smallest absolute Gasteiger partial charge is 0.236 e. The molecule has 0 N–H and O–H groups in total. The lowest BCUT2D eigenvalue weighted by Gasteiger charge is -2.30. The predicted octanol–water partition coefficient (Wildman–Crippen LogP) is 1.19. The lowest BCUT2D eigenvalue weighted by atomic mass is 10.2. The zero-order valence-electron chi connectivity index (χ0n) is 9.66. The van der Waals surface area contributed by atoms with Gasteiger partial charge >= 0.3 is 0 Å². The number of hydrogen-bond acceptors (Lipinski definition) is 2. The zero-order valence-corrected chi connectivity index (χ0v) is 9.66. The normalized spacial score (nSPS) is 11.5. The van der Waals surface area contributed by atoms with Crippen LogP contribution in [0.25, 0.3) is 0 Å². The second kappa shape index (κ2) is 5.22. The molecular weight excluding hydrogens is 164 g/mol. The van der Waals surface area contributed by atoms with Crippen LogP contribution in [0.15, 0.2) is 0 Å². The molecule has 0 aromatic carbocycles. The third-order valence-corrected chi connectivity index (χ3v) is 2.14. The first-order chi connectivity index (χ1) is 5.86.